The molecule has 6 rings (SSSR count). The number of nitrogens with zero attached hydrogens (tertiary/aromatic N) is 4. The first-order valence-electron chi connectivity index (χ1n) is 12.3. The van der Waals surface area contributed by atoms with Gasteiger partial charge >= 0.3 is 0 Å². The molecule has 0 spiro atoms. The molecule has 0 fully saturated rings. The molecule has 0 saturated carbocycles. The van der Waals surface area contributed by atoms with Gasteiger partial charge in [-0.3, -0.25) is 0 Å². The van der Waals surface area contributed by atoms with Crippen LogP contribution in [0.2, 0.25) is 10.0 Å². The largest absolute Gasteiger partial charge is 0.318 e. The van der Waals surface area contributed by atoms with E-state index in [2.05, 4.69) is 31.2 Å². The monoisotopic (exact) mass is 578 g/mol. The van der Waals surface area contributed by atoms with E-state index in [-0.39, 0.29) is 6.04 Å². The molecule has 4 nitrogen and oxygen atoms in total. The van der Waals surface area contributed by atoms with Crippen LogP contribution in [0.25, 0.3) is 16.9 Å². The summed E-state index contributed by atoms with van der Waals surface area (Å²) in [5, 5.41) is 7.03. The Morgan fingerprint density at radius 2 is 1.63 bits per heavy atom. The third kappa shape index (κ3) is 4.46. The quantitative estimate of drug-likeness (QED) is 0.236. The van der Waals surface area contributed by atoms with Crippen molar-refractivity contribution in [2.75, 3.05) is 0 Å². The summed E-state index contributed by atoms with van der Waals surface area (Å²) in [5.41, 5.74) is 5.83. The SMILES string of the molecule is CCCc1ccc(-c2nn(-c3ccccc3)c3c2[C@H](c2ccc(Cl)c(Cl)c2)N2C=C(Cl)C=C(Cl)C2=N3)cc1. The van der Waals surface area contributed by atoms with E-state index < -0.39 is 0 Å². The number of halogens is 4. The van der Waals surface area contributed by atoms with Crippen molar-refractivity contribution in [2.45, 2.75) is 25.8 Å². The minimum Gasteiger partial charge on any atom is -0.318 e. The van der Waals surface area contributed by atoms with E-state index in [0.717, 1.165) is 40.9 Å². The molecule has 0 aliphatic carbocycles. The smallest absolute Gasteiger partial charge is 0.164 e. The van der Waals surface area contributed by atoms with Gasteiger partial charge < -0.3 is 4.90 Å². The number of fused-ring (bicyclic) bond motifs is 2. The van der Waals surface area contributed by atoms with Crippen molar-refractivity contribution in [3.8, 4) is 16.9 Å². The van der Waals surface area contributed by atoms with Gasteiger partial charge in [0.1, 0.15) is 5.69 Å². The van der Waals surface area contributed by atoms with E-state index in [9.17, 15) is 0 Å². The van der Waals surface area contributed by atoms with Crippen LogP contribution < -0.4 is 0 Å². The molecule has 190 valence electrons. The van der Waals surface area contributed by atoms with Gasteiger partial charge in [0, 0.05) is 11.8 Å². The predicted octanol–water partition coefficient (Wildman–Crippen LogP) is 9.45. The van der Waals surface area contributed by atoms with E-state index in [4.69, 9.17) is 56.5 Å². The summed E-state index contributed by atoms with van der Waals surface area (Å²) in [6, 6.07) is 23.8. The molecular formula is C30H22Cl4N4. The first-order chi connectivity index (χ1) is 18.4. The summed E-state index contributed by atoms with van der Waals surface area (Å²) < 4.78 is 1.88. The Morgan fingerprint density at radius 3 is 2.34 bits per heavy atom. The van der Waals surface area contributed by atoms with Crippen molar-refractivity contribution in [1.29, 1.82) is 0 Å². The van der Waals surface area contributed by atoms with Crippen LogP contribution in [0.15, 0.2) is 100 Å². The van der Waals surface area contributed by atoms with Crippen LogP contribution in [-0.2, 0) is 6.42 Å². The van der Waals surface area contributed by atoms with E-state index in [1.165, 1.54) is 5.56 Å². The highest BCUT2D eigenvalue weighted by atomic mass is 35.5. The molecule has 0 bridgehead atoms. The van der Waals surface area contributed by atoms with Crippen LogP contribution in [0, 0.1) is 0 Å². The zero-order chi connectivity index (χ0) is 26.4. The summed E-state index contributed by atoms with van der Waals surface area (Å²) in [6.07, 6.45) is 5.66. The number of para-hydroxylation sites is 1. The van der Waals surface area contributed by atoms with Gasteiger partial charge in [0.25, 0.3) is 0 Å². The lowest BCUT2D eigenvalue weighted by Crippen LogP contribution is -2.35. The summed E-state index contributed by atoms with van der Waals surface area (Å²) >= 11 is 26.0. The molecule has 0 unspecified atom stereocenters. The second-order valence-electron chi connectivity index (χ2n) is 9.21. The zero-order valence-corrected chi connectivity index (χ0v) is 23.4. The number of hydrogen-bond donors (Lipinski definition) is 0. The van der Waals surface area contributed by atoms with Crippen LogP contribution >= 0.6 is 46.4 Å². The van der Waals surface area contributed by atoms with Crippen LogP contribution in [0.4, 0.5) is 5.82 Å². The van der Waals surface area contributed by atoms with E-state index in [1.54, 1.807) is 12.1 Å². The van der Waals surface area contributed by atoms with Crippen molar-refractivity contribution in [3.05, 3.63) is 122 Å². The third-order valence-electron chi connectivity index (χ3n) is 6.67. The average Bonchev–Trinajstić information content (AvgIpc) is 3.30. The number of benzene rings is 3. The Kier molecular flexibility index (Phi) is 6.83. The second-order valence-corrected chi connectivity index (χ2v) is 10.9. The summed E-state index contributed by atoms with van der Waals surface area (Å²) in [5.74, 6) is 1.28. The maximum Gasteiger partial charge on any atom is 0.164 e. The molecule has 3 heterocycles. The van der Waals surface area contributed by atoms with E-state index >= 15 is 0 Å². The lowest BCUT2D eigenvalue weighted by atomic mass is 9.92. The fourth-order valence-electron chi connectivity index (χ4n) is 4.96. The van der Waals surface area contributed by atoms with Crippen LogP contribution in [0.1, 0.15) is 36.1 Å². The molecule has 1 aromatic heterocycles. The first kappa shape index (κ1) is 25.3. The number of allylic oxidation sites excluding steroid dienone is 2. The van der Waals surface area contributed by atoms with E-state index in [0.29, 0.717) is 31.8 Å². The standard InChI is InChI=1S/C30H22Cl4N4/c1-2-6-18-9-11-19(12-10-18)27-26-28(20-13-14-23(32)24(33)15-20)37-17-21(31)16-25(34)29(37)35-30(26)38(36-27)22-7-4-3-5-8-22/h3-5,7-17,28H,2,6H2,1H3/t28-/m0/s1. The fraction of sp³-hybridized carbons (Fsp3) is 0.133. The number of amidine groups is 1. The zero-order valence-electron chi connectivity index (χ0n) is 20.4. The number of rotatable bonds is 5. The molecule has 4 aromatic rings. The molecule has 0 radical (unpaired) electrons. The van der Waals surface area contributed by atoms with Gasteiger partial charge in [-0.15, -0.1) is 0 Å². The Bertz CT molecular complexity index is 1620. The second kappa shape index (κ2) is 10.3. The van der Waals surface area contributed by atoms with Crippen molar-refractivity contribution in [3.63, 3.8) is 0 Å². The van der Waals surface area contributed by atoms with Gasteiger partial charge in [0.15, 0.2) is 11.7 Å². The van der Waals surface area contributed by atoms with Gasteiger partial charge in [-0.25, -0.2) is 9.67 Å². The van der Waals surface area contributed by atoms with Crippen LogP contribution in [0.5, 0.6) is 0 Å². The Hall–Kier alpha value is -3.02. The van der Waals surface area contributed by atoms with Crippen molar-refractivity contribution in [2.24, 2.45) is 4.99 Å². The maximum atomic E-state index is 6.72. The maximum absolute atomic E-state index is 6.72. The van der Waals surface area contributed by atoms with Gasteiger partial charge in [-0.1, -0.05) is 108 Å². The summed E-state index contributed by atoms with van der Waals surface area (Å²) in [6.45, 7) is 2.18. The highest BCUT2D eigenvalue weighted by Crippen LogP contribution is 2.48. The van der Waals surface area contributed by atoms with Crippen LogP contribution in [0.3, 0.4) is 0 Å². The van der Waals surface area contributed by atoms with E-state index in [1.807, 2.05) is 58.2 Å². The van der Waals surface area contributed by atoms with Crippen LogP contribution in [-0.4, -0.2) is 20.5 Å². The van der Waals surface area contributed by atoms with Crippen molar-refractivity contribution < 1.29 is 0 Å². The summed E-state index contributed by atoms with van der Waals surface area (Å²) in [7, 11) is 0. The van der Waals surface area contributed by atoms with Gasteiger partial charge in [-0.2, -0.15) is 5.10 Å². The molecule has 2 aliphatic heterocycles. The first-order valence-corrected chi connectivity index (χ1v) is 13.8. The highest BCUT2D eigenvalue weighted by Gasteiger charge is 2.39. The molecule has 3 aromatic carbocycles. The minimum absolute atomic E-state index is 0.355. The van der Waals surface area contributed by atoms with Crippen molar-refractivity contribution in [1.82, 2.24) is 14.7 Å². The number of aromatic nitrogens is 2. The minimum atomic E-state index is -0.355. The average molecular weight is 580 g/mol. The Labute approximate surface area is 241 Å². The van der Waals surface area contributed by atoms with Gasteiger partial charge in [0.2, 0.25) is 0 Å². The molecule has 38 heavy (non-hydrogen) atoms. The fourth-order valence-corrected chi connectivity index (χ4v) is 5.79. The highest BCUT2D eigenvalue weighted by molar-refractivity contribution is 6.45. The third-order valence-corrected chi connectivity index (χ3v) is 7.90. The molecule has 0 saturated heterocycles. The number of aliphatic imine (C=N–C) groups is 1. The number of aryl methyl sites for hydroxylation is 1. The summed E-state index contributed by atoms with van der Waals surface area (Å²) in [4.78, 5) is 7.03. The molecule has 8 heteroatoms. The van der Waals surface area contributed by atoms with Crippen molar-refractivity contribution >= 4 is 58.1 Å². The molecular weight excluding hydrogens is 558 g/mol. The Morgan fingerprint density at radius 1 is 0.868 bits per heavy atom. The molecule has 0 N–H and O–H groups in total. The van der Waals surface area contributed by atoms with Gasteiger partial charge in [0.05, 0.1) is 37.4 Å². The lowest BCUT2D eigenvalue weighted by molar-refractivity contribution is 0.462. The molecule has 2 aliphatic rings. The number of hydrogen-bond acceptors (Lipinski definition) is 3. The molecule has 1 atom stereocenters. The topological polar surface area (TPSA) is 33.4 Å². The lowest BCUT2D eigenvalue weighted by Gasteiger charge is -2.37. The predicted molar refractivity (Wildman–Crippen MR) is 158 cm³/mol. The Balaban J connectivity index is 1.66. The van der Waals surface area contributed by atoms with Gasteiger partial charge in [-0.05, 0) is 47.9 Å². The normalized spacial score (nSPS) is 16.4. The molecule has 0 amide bonds.